The third-order valence-electron chi connectivity index (χ3n) is 2.37. The summed E-state index contributed by atoms with van der Waals surface area (Å²) in [7, 11) is 0. The first-order valence-corrected chi connectivity index (χ1v) is 5.77. The molecule has 16 heavy (non-hydrogen) atoms. The lowest BCUT2D eigenvalue weighted by atomic mass is 10.4. The Balaban J connectivity index is 1.98. The minimum atomic E-state index is -0.00106. The number of pyridine rings is 1. The molecular formula is C11H9N3OS. The number of hydrogen-bond donors (Lipinski definition) is 0. The number of imidazole rings is 1. The van der Waals surface area contributed by atoms with E-state index in [4.69, 9.17) is 0 Å². The summed E-state index contributed by atoms with van der Waals surface area (Å²) in [4.78, 5) is 16.9. The van der Waals surface area contributed by atoms with E-state index in [-0.39, 0.29) is 5.56 Å². The van der Waals surface area contributed by atoms with E-state index in [0.29, 0.717) is 6.54 Å². The molecule has 0 aliphatic rings. The van der Waals surface area contributed by atoms with Gasteiger partial charge in [0.2, 0.25) is 0 Å². The van der Waals surface area contributed by atoms with Crippen LogP contribution in [0.1, 0.15) is 5.69 Å². The molecule has 0 atom stereocenters. The summed E-state index contributed by atoms with van der Waals surface area (Å²) in [6.07, 6.45) is 5.69. The van der Waals surface area contributed by atoms with Crippen LogP contribution in [0.3, 0.4) is 0 Å². The van der Waals surface area contributed by atoms with Crippen LogP contribution in [-0.2, 0) is 6.54 Å². The summed E-state index contributed by atoms with van der Waals surface area (Å²) in [5, 5.41) is 1.99. The Morgan fingerprint density at radius 1 is 1.31 bits per heavy atom. The van der Waals surface area contributed by atoms with Crippen LogP contribution in [0.2, 0.25) is 0 Å². The number of rotatable bonds is 2. The fraction of sp³-hybridized carbons (Fsp3) is 0.0909. The van der Waals surface area contributed by atoms with Crippen molar-refractivity contribution < 1.29 is 0 Å². The smallest absolute Gasteiger partial charge is 0.250 e. The number of aromatic nitrogens is 3. The van der Waals surface area contributed by atoms with Crippen LogP contribution in [0.5, 0.6) is 0 Å². The van der Waals surface area contributed by atoms with Crippen molar-refractivity contribution in [3.05, 3.63) is 58.2 Å². The number of thiazole rings is 1. The van der Waals surface area contributed by atoms with Gasteiger partial charge in [0.15, 0.2) is 4.96 Å². The van der Waals surface area contributed by atoms with Crippen molar-refractivity contribution >= 4 is 16.3 Å². The van der Waals surface area contributed by atoms with Crippen LogP contribution in [0.4, 0.5) is 0 Å². The normalized spacial score (nSPS) is 11.0. The molecule has 3 rings (SSSR count). The van der Waals surface area contributed by atoms with Crippen LogP contribution in [-0.4, -0.2) is 14.0 Å². The minimum Gasteiger partial charge on any atom is -0.309 e. The molecule has 0 aliphatic carbocycles. The number of fused-ring (bicyclic) bond motifs is 1. The molecule has 0 N–H and O–H groups in total. The van der Waals surface area contributed by atoms with E-state index < -0.39 is 0 Å². The van der Waals surface area contributed by atoms with E-state index in [2.05, 4.69) is 4.98 Å². The molecule has 0 saturated carbocycles. The molecule has 0 aromatic carbocycles. The second-order valence-electron chi connectivity index (χ2n) is 3.49. The maximum Gasteiger partial charge on any atom is 0.250 e. The maximum absolute atomic E-state index is 11.5. The molecule has 3 aromatic rings. The van der Waals surface area contributed by atoms with Crippen LogP contribution >= 0.6 is 11.3 Å². The lowest BCUT2D eigenvalue weighted by Gasteiger charge is -2.00. The molecule has 0 radical (unpaired) electrons. The van der Waals surface area contributed by atoms with E-state index in [1.807, 2.05) is 28.2 Å². The molecule has 0 fully saturated rings. The predicted molar refractivity (Wildman–Crippen MR) is 62.9 cm³/mol. The summed E-state index contributed by atoms with van der Waals surface area (Å²) < 4.78 is 3.61. The van der Waals surface area contributed by atoms with Gasteiger partial charge in [0, 0.05) is 30.0 Å². The summed E-state index contributed by atoms with van der Waals surface area (Å²) in [5.41, 5.74) is 0.902. The Morgan fingerprint density at radius 2 is 2.25 bits per heavy atom. The van der Waals surface area contributed by atoms with Crippen LogP contribution in [0.25, 0.3) is 4.96 Å². The molecule has 3 aromatic heterocycles. The highest BCUT2D eigenvalue weighted by Gasteiger charge is 2.03. The van der Waals surface area contributed by atoms with Gasteiger partial charge >= 0.3 is 0 Å². The summed E-state index contributed by atoms with van der Waals surface area (Å²) in [5.74, 6) is 0. The van der Waals surface area contributed by atoms with Gasteiger partial charge in [0.1, 0.15) is 0 Å². The van der Waals surface area contributed by atoms with Crippen LogP contribution in [0.15, 0.2) is 47.0 Å². The van der Waals surface area contributed by atoms with Crippen molar-refractivity contribution in [1.29, 1.82) is 0 Å². The third kappa shape index (κ3) is 1.55. The van der Waals surface area contributed by atoms with Gasteiger partial charge < -0.3 is 4.57 Å². The fourth-order valence-corrected chi connectivity index (χ4v) is 2.34. The monoisotopic (exact) mass is 231 g/mol. The van der Waals surface area contributed by atoms with Gasteiger partial charge in [-0.3, -0.25) is 9.20 Å². The molecule has 3 heterocycles. The number of hydrogen-bond acceptors (Lipinski definition) is 3. The first-order valence-electron chi connectivity index (χ1n) is 4.89. The lowest BCUT2D eigenvalue weighted by Crippen LogP contribution is -2.18. The Bertz CT molecular complexity index is 651. The van der Waals surface area contributed by atoms with Crippen LogP contribution in [0, 0.1) is 0 Å². The summed E-state index contributed by atoms with van der Waals surface area (Å²) >= 11 is 1.59. The van der Waals surface area contributed by atoms with Gasteiger partial charge in [0.05, 0.1) is 12.2 Å². The van der Waals surface area contributed by atoms with E-state index in [1.54, 1.807) is 34.2 Å². The zero-order chi connectivity index (χ0) is 11.0. The van der Waals surface area contributed by atoms with Crippen molar-refractivity contribution in [1.82, 2.24) is 14.0 Å². The highest BCUT2D eigenvalue weighted by Crippen LogP contribution is 2.11. The molecule has 0 amide bonds. The molecule has 0 spiro atoms. The van der Waals surface area contributed by atoms with Crippen LogP contribution < -0.4 is 5.56 Å². The Hall–Kier alpha value is -1.88. The Kier molecular flexibility index (Phi) is 2.11. The van der Waals surface area contributed by atoms with E-state index >= 15 is 0 Å². The van der Waals surface area contributed by atoms with Gasteiger partial charge in [-0.25, -0.2) is 4.98 Å². The average molecular weight is 231 g/mol. The van der Waals surface area contributed by atoms with E-state index in [9.17, 15) is 4.79 Å². The lowest BCUT2D eigenvalue weighted by molar-refractivity contribution is 0.744. The minimum absolute atomic E-state index is 0.00106. The first-order chi connectivity index (χ1) is 7.83. The molecule has 0 bridgehead atoms. The maximum atomic E-state index is 11.5. The summed E-state index contributed by atoms with van der Waals surface area (Å²) in [6.45, 7) is 0.522. The van der Waals surface area contributed by atoms with Gasteiger partial charge in [-0.15, -0.1) is 11.3 Å². The quantitative estimate of drug-likeness (QED) is 0.672. The van der Waals surface area contributed by atoms with Crippen molar-refractivity contribution in [2.24, 2.45) is 0 Å². The largest absolute Gasteiger partial charge is 0.309 e. The van der Waals surface area contributed by atoms with Gasteiger partial charge in [0.25, 0.3) is 5.56 Å². The fourth-order valence-electron chi connectivity index (χ4n) is 1.62. The first kappa shape index (κ1) is 9.35. The second kappa shape index (κ2) is 3.61. The second-order valence-corrected chi connectivity index (χ2v) is 4.36. The average Bonchev–Trinajstić information content (AvgIpc) is 2.81. The molecule has 0 aliphatic heterocycles. The van der Waals surface area contributed by atoms with Crippen molar-refractivity contribution in [2.75, 3.05) is 0 Å². The zero-order valence-electron chi connectivity index (χ0n) is 8.41. The summed E-state index contributed by atoms with van der Waals surface area (Å²) in [6, 6.07) is 5.14. The predicted octanol–water partition coefficient (Wildman–Crippen LogP) is 1.61. The van der Waals surface area contributed by atoms with E-state index in [1.165, 1.54) is 0 Å². The Labute approximate surface area is 95.4 Å². The molecule has 5 heteroatoms. The van der Waals surface area contributed by atoms with Gasteiger partial charge in [-0.05, 0) is 6.07 Å². The molecule has 0 saturated heterocycles. The zero-order valence-corrected chi connectivity index (χ0v) is 9.22. The van der Waals surface area contributed by atoms with Gasteiger partial charge in [-0.1, -0.05) is 6.07 Å². The standard InChI is InChI=1S/C11H9N3OS/c15-10-3-1-2-4-13(10)7-9-8-14-5-6-16-11(14)12-9/h1-6,8H,7H2. The molecule has 80 valence electrons. The van der Waals surface area contributed by atoms with Crippen molar-refractivity contribution in [3.8, 4) is 0 Å². The van der Waals surface area contributed by atoms with Gasteiger partial charge in [-0.2, -0.15) is 0 Å². The molecular weight excluding hydrogens is 222 g/mol. The topological polar surface area (TPSA) is 39.3 Å². The third-order valence-corrected chi connectivity index (χ3v) is 3.15. The van der Waals surface area contributed by atoms with E-state index in [0.717, 1.165) is 10.7 Å². The Morgan fingerprint density at radius 3 is 3.06 bits per heavy atom. The molecule has 0 unspecified atom stereocenters. The SMILES string of the molecule is O=c1ccccn1Cc1cn2ccsc2n1. The molecule has 4 nitrogen and oxygen atoms in total. The highest BCUT2D eigenvalue weighted by atomic mass is 32.1. The highest BCUT2D eigenvalue weighted by molar-refractivity contribution is 7.15. The van der Waals surface area contributed by atoms with Crippen molar-refractivity contribution in [3.63, 3.8) is 0 Å². The number of nitrogens with zero attached hydrogens (tertiary/aromatic N) is 3. The van der Waals surface area contributed by atoms with Crippen molar-refractivity contribution in [2.45, 2.75) is 6.54 Å².